The van der Waals surface area contributed by atoms with Gasteiger partial charge in [-0.05, 0) is 49.1 Å². The first-order chi connectivity index (χ1) is 8.97. The van der Waals surface area contributed by atoms with Gasteiger partial charge >= 0.3 is 0 Å². The Labute approximate surface area is 114 Å². The molecule has 1 aromatic rings. The van der Waals surface area contributed by atoms with Gasteiger partial charge in [0.2, 0.25) is 0 Å². The number of carbonyl (C=O) groups excluding carboxylic acids is 1. The van der Waals surface area contributed by atoms with E-state index in [0.29, 0.717) is 11.1 Å². The average Bonchev–Trinajstić information content (AvgIpc) is 2.89. The first kappa shape index (κ1) is 13.8. The second kappa shape index (κ2) is 5.59. The van der Waals surface area contributed by atoms with Crippen LogP contribution in [0.15, 0.2) is 23.4 Å². The number of hydrazone groups is 1. The minimum Gasteiger partial charge on any atom is -0.357 e. The molecule has 0 aliphatic heterocycles. The molecule has 19 heavy (non-hydrogen) atoms. The number of amides is 1. The highest BCUT2D eigenvalue weighted by Crippen LogP contribution is 2.36. The van der Waals surface area contributed by atoms with Gasteiger partial charge < -0.3 is 4.98 Å². The van der Waals surface area contributed by atoms with Crippen LogP contribution in [0.3, 0.4) is 0 Å². The van der Waals surface area contributed by atoms with Crippen LogP contribution in [0.4, 0.5) is 0 Å². The molecule has 1 aromatic heterocycles. The van der Waals surface area contributed by atoms with E-state index in [2.05, 4.69) is 36.3 Å². The molecule has 1 aliphatic rings. The average molecular weight is 261 g/mol. The number of nitrogens with zero attached hydrogens (tertiary/aromatic N) is 1. The molecule has 0 radical (unpaired) electrons. The van der Waals surface area contributed by atoms with Gasteiger partial charge in [0.1, 0.15) is 5.69 Å². The van der Waals surface area contributed by atoms with Crippen LogP contribution in [0, 0.1) is 11.3 Å². The van der Waals surface area contributed by atoms with Crippen LogP contribution in [-0.2, 0) is 0 Å². The first-order valence-electron chi connectivity index (χ1n) is 6.96. The van der Waals surface area contributed by atoms with E-state index in [9.17, 15) is 4.79 Å². The van der Waals surface area contributed by atoms with E-state index >= 15 is 0 Å². The summed E-state index contributed by atoms with van der Waals surface area (Å²) in [6.45, 7) is 6.90. The maximum absolute atomic E-state index is 11.7. The Bertz CT molecular complexity index is 444. The number of rotatable bonds is 2. The molecule has 1 fully saturated rings. The normalized spacial score (nSPS) is 20.2. The third kappa shape index (κ3) is 3.69. The Morgan fingerprint density at radius 3 is 2.58 bits per heavy atom. The van der Waals surface area contributed by atoms with Crippen LogP contribution in [0.25, 0.3) is 0 Å². The molecule has 1 saturated carbocycles. The molecule has 4 heteroatoms. The predicted octanol–water partition coefficient (Wildman–Crippen LogP) is 3.34. The minimum absolute atomic E-state index is 0.171. The van der Waals surface area contributed by atoms with Gasteiger partial charge in [0, 0.05) is 11.9 Å². The van der Waals surface area contributed by atoms with Gasteiger partial charge in [-0.3, -0.25) is 4.79 Å². The Balaban J connectivity index is 1.85. The molecule has 4 nitrogen and oxygen atoms in total. The summed E-state index contributed by atoms with van der Waals surface area (Å²) in [5, 5.41) is 4.25. The highest BCUT2D eigenvalue weighted by Gasteiger charge is 2.28. The van der Waals surface area contributed by atoms with E-state index in [-0.39, 0.29) is 5.91 Å². The molecule has 0 bridgehead atoms. The SMILES string of the molecule is CC(C)(C)C1CCC(=NNC(=O)c2ccc[nH]2)CC1. The molecular weight excluding hydrogens is 238 g/mol. The molecule has 1 amide bonds. The molecule has 104 valence electrons. The summed E-state index contributed by atoms with van der Waals surface area (Å²) < 4.78 is 0. The molecule has 0 aromatic carbocycles. The fourth-order valence-electron chi connectivity index (χ4n) is 2.59. The van der Waals surface area contributed by atoms with Crippen LogP contribution >= 0.6 is 0 Å². The molecular formula is C15H23N3O. The van der Waals surface area contributed by atoms with Gasteiger partial charge in [-0.15, -0.1) is 0 Å². The highest BCUT2D eigenvalue weighted by atomic mass is 16.2. The molecule has 0 spiro atoms. The van der Waals surface area contributed by atoms with E-state index in [1.807, 2.05) is 0 Å². The van der Waals surface area contributed by atoms with Crippen molar-refractivity contribution in [1.82, 2.24) is 10.4 Å². The van der Waals surface area contributed by atoms with Crippen molar-refractivity contribution in [2.45, 2.75) is 46.5 Å². The largest absolute Gasteiger partial charge is 0.357 e. The van der Waals surface area contributed by atoms with Crippen LogP contribution in [0.1, 0.15) is 56.9 Å². The number of H-pyrrole nitrogens is 1. The second-order valence-corrected chi connectivity index (χ2v) is 6.34. The minimum atomic E-state index is -0.171. The summed E-state index contributed by atoms with van der Waals surface area (Å²) in [5.74, 6) is 0.584. The lowest BCUT2D eigenvalue weighted by Crippen LogP contribution is -2.27. The molecule has 2 rings (SSSR count). The Morgan fingerprint density at radius 1 is 1.37 bits per heavy atom. The zero-order valence-electron chi connectivity index (χ0n) is 12.0. The predicted molar refractivity (Wildman–Crippen MR) is 77.1 cm³/mol. The monoisotopic (exact) mass is 261 g/mol. The molecule has 0 atom stereocenters. The van der Waals surface area contributed by atoms with Crippen LogP contribution in [-0.4, -0.2) is 16.6 Å². The van der Waals surface area contributed by atoms with Crippen molar-refractivity contribution < 1.29 is 4.79 Å². The second-order valence-electron chi connectivity index (χ2n) is 6.34. The van der Waals surface area contributed by atoms with Crippen LogP contribution < -0.4 is 5.43 Å². The zero-order chi connectivity index (χ0) is 13.9. The molecule has 1 heterocycles. The maximum Gasteiger partial charge on any atom is 0.287 e. The van der Waals surface area contributed by atoms with Crippen LogP contribution in [0.5, 0.6) is 0 Å². The van der Waals surface area contributed by atoms with Crippen molar-refractivity contribution in [1.29, 1.82) is 0 Å². The lowest BCUT2D eigenvalue weighted by molar-refractivity contribution is 0.0950. The highest BCUT2D eigenvalue weighted by molar-refractivity contribution is 5.94. The number of hydrogen-bond acceptors (Lipinski definition) is 2. The maximum atomic E-state index is 11.7. The third-order valence-electron chi connectivity index (χ3n) is 3.95. The summed E-state index contributed by atoms with van der Waals surface area (Å²) >= 11 is 0. The van der Waals surface area contributed by atoms with Crippen molar-refractivity contribution in [3.63, 3.8) is 0 Å². The van der Waals surface area contributed by atoms with Gasteiger partial charge in [-0.2, -0.15) is 5.10 Å². The van der Waals surface area contributed by atoms with E-state index in [0.717, 1.165) is 24.5 Å². The smallest absolute Gasteiger partial charge is 0.287 e. The van der Waals surface area contributed by atoms with Gasteiger partial charge in [0.15, 0.2) is 0 Å². The number of aromatic amines is 1. The molecule has 0 unspecified atom stereocenters. The fraction of sp³-hybridized carbons (Fsp3) is 0.600. The Morgan fingerprint density at radius 2 is 2.05 bits per heavy atom. The molecule has 1 aliphatic carbocycles. The fourth-order valence-corrected chi connectivity index (χ4v) is 2.59. The number of nitrogens with one attached hydrogen (secondary N) is 2. The Kier molecular flexibility index (Phi) is 4.08. The summed E-state index contributed by atoms with van der Waals surface area (Å²) in [6, 6.07) is 3.54. The molecule has 2 N–H and O–H groups in total. The summed E-state index contributed by atoms with van der Waals surface area (Å²) in [4.78, 5) is 14.6. The van der Waals surface area contributed by atoms with Gasteiger partial charge in [-0.25, -0.2) is 5.43 Å². The zero-order valence-corrected chi connectivity index (χ0v) is 12.0. The van der Waals surface area contributed by atoms with Crippen molar-refractivity contribution in [2.24, 2.45) is 16.4 Å². The Hall–Kier alpha value is -1.58. The lowest BCUT2D eigenvalue weighted by Gasteiger charge is -2.34. The number of aromatic nitrogens is 1. The quantitative estimate of drug-likeness (QED) is 0.788. The summed E-state index contributed by atoms with van der Waals surface area (Å²) in [5.41, 5.74) is 4.66. The summed E-state index contributed by atoms with van der Waals surface area (Å²) in [7, 11) is 0. The van der Waals surface area contributed by atoms with E-state index in [1.165, 1.54) is 12.8 Å². The molecule has 0 saturated heterocycles. The first-order valence-corrected chi connectivity index (χ1v) is 6.96. The van der Waals surface area contributed by atoms with E-state index in [4.69, 9.17) is 0 Å². The standard InChI is InChI=1S/C15H23N3O/c1-15(2,3)11-6-8-12(9-7-11)17-18-14(19)13-5-4-10-16-13/h4-5,10-11,16H,6-9H2,1-3H3,(H,18,19). The number of carbonyl (C=O) groups is 1. The van der Waals surface area contributed by atoms with Crippen molar-refractivity contribution in [3.8, 4) is 0 Å². The topological polar surface area (TPSA) is 57.2 Å². The van der Waals surface area contributed by atoms with Gasteiger partial charge in [0.25, 0.3) is 5.91 Å². The summed E-state index contributed by atoms with van der Waals surface area (Å²) in [6.07, 6.45) is 6.05. The third-order valence-corrected chi connectivity index (χ3v) is 3.95. The van der Waals surface area contributed by atoms with Crippen molar-refractivity contribution in [3.05, 3.63) is 24.0 Å². The van der Waals surface area contributed by atoms with Gasteiger partial charge in [0.05, 0.1) is 0 Å². The van der Waals surface area contributed by atoms with Crippen molar-refractivity contribution >= 4 is 11.6 Å². The van der Waals surface area contributed by atoms with Gasteiger partial charge in [-0.1, -0.05) is 20.8 Å². The number of hydrogen-bond donors (Lipinski definition) is 2. The van der Waals surface area contributed by atoms with Crippen LogP contribution in [0.2, 0.25) is 0 Å². The lowest BCUT2D eigenvalue weighted by atomic mass is 9.72. The van der Waals surface area contributed by atoms with Crippen molar-refractivity contribution in [2.75, 3.05) is 0 Å². The van der Waals surface area contributed by atoms with E-state index in [1.54, 1.807) is 18.3 Å². The van der Waals surface area contributed by atoms with E-state index < -0.39 is 0 Å².